The molecule has 0 bridgehead atoms. The first-order chi connectivity index (χ1) is 4.88. The molecule has 50 valence electrons. The number of halogens is 1. The predicted octanol–water partition coefficient (Wildman–Crippen LogP) is 1.22. The summed E-state index contributed by atoms with van der Waals surface area (Å²) in [6.07, 6.45) is 3.06. The SMILES string of the molecule is Ic1ncnc2cnoc12. The maximum Gasteiger partial charge on any atom is 0.217 e. The second-order valence-electron chi connectivity index (χ2n) is 1.70. The topological polar surface area (TPSA) is 51.8 Å². The van der Waals surface area contributed by atoms with Crippen LogP contribution in [0, 0.1) is 3.70 Å². The Kier molecular flexibility index (Phi) is 1.30. The van der Waals surface area contributed by atoms with Crippen LogP contribution in [0.2, 0.25) is 0 Å². The molecule has 0 spiro atoms. The smallest absolute Gasteiger partial charge is 0.217 e. The summed E-state index contributed by atoms with van der Waals surface area (Å²) < 4.78 is 5.66. The molecule has 0 amide bonds. The van der Waals surface area contributed by atoms with Crippen molar-refractivity contribution in [3.05, 3.63) is 16.2 Å². The van der Waals surface area contributed by atoms with E-state index in [1.165, 1.54) is 6.33 Å². The van der Waals surface area contributed by atoms with Crippen LogP contribution >= 0.6 is 22.6 Å². The molecule has 0 atom stereocenters. The van der Waals surface area contributed by atoms with E-state index in [9.17, 15) is 0 Å². The zero-order chi connectivity index (χ0) is 6.97. The van der Waals surface area contributed by atoms with Crippen LogP contribution in [0.4, 0.5) is 0 Å². The van der Waals surface area contributed by atoms with E-state index in [0.717, 1.165) is 9.22 Å². The summed E-state index contributed by atoms with van der Waals surface area (Å²) in [6, 6.07) is 0. The van der Waals surface area contributed by atoms with Crippen molar-refractivity contribution in [1.82, 2.24) is 15.1 Å². The molecular weight excluding hydrogens is 245 g/mol. The quantitative estimate of drug-likeness (QED) is 0.518. The first-order valence-corrected chi connectivity index (χ1v) is 3.66. The van der Waals surface area contributed by atoms with Crippen molar-refractivity contribution in [2.24, 2.45) is 0 Å². The fraction of sp³-hybridized carbons (Fsp3) is 0. The molecule has 10 heavy (non-hydrogen) atoms. The first kappa shape index (κ1) is 6.02. The van der Waals surface area contributed by atoms with Crippen molar-refractivity contribution in [3.8, 4) is 0 Å². The number of aromatic nitrogens is 3. The Morgan fingerprint density at radius 3 is 3.10 bits per heavy atom. The minimum absolute atomic E-state index is 0.656. The molecule has 2 heterocycles. The fourth-order valence-corrected chi connectivity index (χ4v) is 1.17. The second kappa shape index (κ2) is 2.15. The van der Waals surface area contributed by atoms with Gasteiger partial charge in [0.05, 0.1) is 6.20 Å². The Morgan fingerprint density at radius 2 is 2.30 bits per heavy atom. The van der Waals surface area contributed by atoms with E-state index in [1.807, 2.05) is 0 Å². The summed E-state index contributed by atoms with van der Waals surface area (Å²) in [5, 5.41) is 3.58. The van der Waals surface area contributed by atoms with Gasteiger partial charge < -0.3 is 4.52 Å². The lowest BCUT2D eigenvalue weighted by Crippen LogP contribution is -1.81. The van der Waals surface area contributed by atoms with Gasteiger partial charge in [-0.05, 0) is 22.6 Å². The van der Waals surface area contributed by atoms with Gasteiger partial charge in [0.15, 0.2) is 3.70 Å². The minimum Gasteiger partial charge on any atom is -0.352 e. The Labute approximate surface area is 69.8 Å². The standard InChI is InChI=1S/C5H2IN3O/c6-5-4-3(1-9-10-4)7-2-8-5/h1-2H. The average molecular weight is 247 g/mol. The van der Waals surface area contributed by atoms with Crippen LogP contribution in [0.1, 0.15) is 0 Å². The van der Waals surface area contributed by atoms with Gasteiger partial charge in [0.1, 0.15) is 11.8 Å². The largest absolute Gasteiger partial charge is 0.352 e. The highest BCUT2D eigenvalue weighted by molar-refractivity contribution is 14.1. The van der Waals surface area contributed by atoms with Crippen molar-refractivity contribution >= 4 is 33.7 Å². The van der Waals surface area contributed by atoms with E-state index in [0.29, 0.717) is 5.58 Å². The highest BCUT2D eigenvalue weighted by Crippen LogP contribution is 2.14. The third-order valence-corrected chi connectivity index (χ3v) is 1.88. The second-order valence-corrected chi connectivity index (χ2v) is 2.73. The Hall–Kier alpha value is -0.720. The molecule has 0 N–H and O–H groups in total. The summed E-state index contributed by atoms with van der Waals surface area (Å²) in [4.78, 5) is 7.85. The molecule has 0 aliphatic rings. The van der Waals surface area contributed by atoms with Gasteiger partial charge >= 0.3 is 0 Å². The highest BCUT2D eigenvalue weighted by Gasteiger charge is 2.02. The third kappa shape index (κ3) is 0.772. The van der Waals surface area contributed by atoms with Crippen molar-refractivity contribution in [1.29, 1.82) is 0 Å². The van der Waals surface area contributed by atoms with Crippen molar-refractivity contribution < 1.29 is 4.52 Å². The first-order valence-electron chi connectivity index (χ1n) is 2.59. The Morgan fingerprint density at radius 1 is 1.40 bits per heavy atom. The normalized spacial score (nSPS) is 10.5. The zero-order valence-electron chi connectivity index (χ0n) is 4.78. The summed E-state index contributed by atoms with van der Waals surface area (Å²) in [5.41, 5.74) is 1.41. The van der Waals surface area contributed by atoms with Gasteiger partial charge in [0.25, 0.3) is 0 Å². The molecule has 2 aromatic rings. The van der Waals surface area contributed by atoms with Gasteiger partial charge in [-0.3, -0.25) is 0 Å². The fourth-order valence-electron chi connectivity index (χ4n) is 0.670. The van der Waals surface area contributed by atoms with Crippen molar-refractivity contribution in [2.45, 2.75) is 0 Å². The number of nitrogens with zero attached hydrogens (tertiary/aromatic N) is 3. The molecule has 0 aliphatic carbocycles. The lowest BCUT2D eigenvalue weighted by molar-refractivity contribution is 0.454. The number of hydrogen-bond donors (Lipinski definition) is 0. The van der Waals surface area contributed by atoms with Crippen LogP contribution in [0.3, 0.4) is 0 Å². The molecule has 4 nitrogen and oxygen atoms in total. The lowest BCUT2D eigenvalue weighted by atomic mass is 10.5. The third-order valence-electron chi connectivity index (χ3n) is 1.11. The molecule has 0 aromatic carbocycles. The molecule has 0 unspecified atom stereocenters. The van der Waals surface area contributed by atoms with Crippen LogP contribution < -0.4 is 0 Å². The molecule has 2 aromatic heterocycles. The van der Waals surface area contributed by atoms with Crippen molar-refractivity contribution in [2.75, 3.05) is 0 Å². The van der Waals surface area contributed by atoms with Crippen molar-refractivity contribution in [3.63, 3.8) is 0 Å². The van der Waals surface area contributed by atoms with Crippen LogP contribution in [-0.4, -0.2) is 15.1 Å². The van der Waals surface area contributed by atoms with Gasteiger partial charge in [0, 0.05) is 0 Å². The number of rotatable bonds is 0. The molecule has 0 saturated carbocycles. The maximum atomic E-state index is 4.87. The molecule has 0 radical (unpaired) electrons. The Bertz CT molecular complexity index is 358. The van der Waals surface area contributed by atoms with Gasteiger partial charge in [-0.2, -0.15) is 0 Å². The summed E-state index contributed by atoms with van der Waals surface area (Å²) >= 11 is 2.07. The van der Waals surface area contributed by atoms with Gasteiger partial charge in [-0.25, -0.2) is 9.97 Å². The summed E-state index contributed by atoms with van der Waals surface area (Å²) in [7, 11) is 0. The van der Waals surface area contributed by atoms with Crippen LogP contribution in [-0.2, 0) is 0 Å². The monoisotopic (exact) mass is 247 g/mol. The molecular formula is C5H2IN3O. The Balaban J connectivity index is 2.95. The number of hydrogen-bond acceptors (Lipinski definition) is 4. The summed E-state index contributed by atoms with van der Waals surface area (Å²) in [6.45, 7) is 0. The van der Waals surface area contributed by atoms with E-state index in [2.05, 4.69) is 37.7 Å². The molecule has 0 fully saturated rings. The number of fused-ring (bicyclic) bond motifs is 1. The average Bonchev–Trinajstić information content (AvgIpc) is 2.36. The van der Waals surface area contributed by atoms with E-state index >= 15 is 0 Å². The minimum atomic E-state index is 0.656. The van der Waals surface area contributed by atoms with E-state index in [1.54, 1.807) is 6.20 Å². The zero-order valence-corrected chi connectivity index (χ0v) is 6.94. The van der Waals surface area contributed by atoms with Crippen LogP contribution in [0.25, 0.3) is 11.1 Å². The van der Waals surface area contributed by atoms with E-state index < -0.39 is 0 Å². The highest BCUT2D eigenvalue weighted by atomic mass is 127. The van der Waals surface area contributed by atoms with Gasteiger partial charge in [-0.1, -0.05) is 5.16 Å². The van der Waals surface area contributed by atoms with Gasteiger partial charge in [0.2, 0.25) is 5.58 Å². The van der Waals surface area contributed by atoms with E-state index in [-0.39, 0.29) is 0 Å². The molecule has 5 heteroatoms. The molecule has 0 aliphatic heterocycles. The van der Waals surface area contributed by atoms with Crippen LogP contribution in [0.5, 0.6) is 0 Å². The molecule has 0 saturated heterocycles. The summed E-state index contributed by atoms with van der Waals surface area (Å²) in [5.74, 6) is 0. The van der Waals surface area contributed by atoms with Crippen LogP contribution in [0.15, 0.2) is 17.0 Å². The molecule has 2 rings (SSSR count). The van der Waals surface area contributed by atoms with E-state index in [4.69, 9.17) is 4.52 Å². The maximum absolute atomic E-state index is 4.87. The predicted molar refractivity (Wildman–Crippen MR) is 42.3 cm³/mol. The lowest BCUT2D eigenvalue weighted by Gasteiger charge is -1.85. The van der Waals surface area contributed by atoms with Gasteiger partial charge in [-0.15, -0.1) is 0 Å².